The van der Waals surface area contributed by atoms with Gasteiger partial charge in [-0.25, -0.2) is 4.98 Å². The molecule has 0 spiro atoms. The zero-order chi connectivity index (χ0) is 10.1. The maximum atomic E-state index is 8.99. The molecule has 2 aromatic rings. The molecule has 0 amide bonds. The quantitative estimate of drug-likeness (QED) is 0.743. The van der Waals surface area contributed by atoms with Crippen molar-refractivity contribution in [1.29, 1.82) is 0 Å². The van der Waals surface area contributed by atoms with E-state index in [2.05, 4.69) is 11.9 Å². The predicted octanol–water partition coefficient (Wildman–Crippen LogP) is 0.971. The van der Waals surface area contributed by atoms with Crippen LogP contribution in [-0.2, 0) is 13.0 Å². The number of anilines is 1. The Morgan fingerprint density at radius 2 is 2.36 bits per heavy atom. The van der Waals surface area contributed by atoms with Crippen molar-refractivity contribution in [2.24, 2.45) is 0 Å². The Hall–Kier alpha value is -1.55. The molecule has 74 valence electrons. The van der Waals surface area contributed by atoms with Gasteiger partial charge in [-0.3, -0.25) is 4.40 Å². The van der Waals surface area contributed by atoms with E-state index in [1.807, 2.05) is 18.3 Å². The summed E-state index contributed by atoms with van der Waals surface area (Å²) in [6.07, 6.45) is 2.85. The molecule has 0 radical (unpaired) electrons. The third-order valence-electron chi connectivity index (χ3n) is 2.36. The lowest BCUT2D eigenvalue weighted by atomic mass is 10.2. The molecule has 14 heavy (non-hydrogen) atoms. The minimum atomic E-state index is -0.116. The van der Waals surface area contributed by atoms with Gasteiger partial charge < -0.3 is 10.8 Å². The predicted molar refractivity (Wildman–Crippen MR) is 54.9 cm³/mol. The third kappa shape index (κ3) is 1.24. The lowest BCUT2D eigenvalue weighted by Crippen LogP contribution is -1.96. The molecule has 0 saturated heterocycles. The topological polar surface area (TPSA) is 63.5 Å². The molecular weight excluding hydrogens is 178 g/mol. The second-order valence-corrected chi connectivity index (χ2v) is 3.22. The molecule has 0 aromatic carbocycles. The molecule has 0 unspecified atom stereocenters. The molecule has 0 bridgehead atoms. The number of nitrogen functional groups attached to an aromatic ring is 1. The van der Waals surface area contributed by atoms with Gasteiger partial charge in [0.15, 0.2) is 0 Å². The Morgan fingerprint density at radius 3 is 3.00 bits per heavy atom. The van der Waals surface area contributed by atoms with Crippen LogP contribution in [0.1, 0.15) is 18.2 Å². The lowest BCUT2D eigenvalue weighted by Gasteiger charge is -1.98. The van der Waals surface area contributed by atoms with Crippen molar-refractivity contribution >= 4 is 11.5 Å². The van der Waals surface area contributed by atoms with E-state index in [1.54, 1.807) is 4.40 Å². The summed E-state index contributed by atoms with van der Waals surface area (Å²) >= 11 is 0. The van der Waals surface area contributed by atoms with Crippen LogP contribution in [0.5, 0.6) is 0 Å². The maximum absolute atomic E-state index is 8.99. The van der Waals surface area contributed by atoms with Crippen molar-refractivity contribution in [2.75, 3.05) is 5.73 Å². The minimum absolute atomic E-state index is 0.116. The minimum Gasteiger partial charge on any atom is -0.390 e. The van der Waals surface area contributed by atoms with Crippen LogP contribution in [0.25, 0.3) is 5.65 Å². The molecule has 2 heterocycles. The highest BCUT2D eigenvalue weighted by molar-refractivity contribution is 5.53. The maximum Gasteiger partial charge on any atom is 0.139 e. The van der Waals surface area contributed by atoms with Gasteiger partial charge >= 0.3 is 0 Å². The zero-order valence-electron chi connectivity index (χ0n) is 8.07. The summed E-state index contributed by atoms with van der Waals surface area (Å²) in [5, 5.41) is 8.99. The SMILES string of the molecule is CCc1ccn2c(N)c(CO)nc2c1. The van der Waals surface area contributed by atoms with Gasteiger partial charge in [-0.2, -0.15) is 0 Å². The highest BCUT2D eigenvalue weighted by Crippen LogP contribution is 2.16. The van der Waals surface area contributed by atoms with Gasteiger partial charge in [0, 0.05) is 6.20 Å². The number of rotatable bonds is 2. The number of hydrogen-bond acceptors (Lipinski definition) is 3. The van der Waals surface area contributed by atoms with E-state index < -0.39 is 0 Å². The van der Waals surface area contributed by atoms with Crippen LogP contribution in [0.4, 0.5) is 5.82 Å². The fourth-order valence-electron chi connectivity index (χ4n) is 1.49. The highest BCUT2D eigenvalue weighted by atomic mass is 16.3. The standard InChI is InChI=1S/C10H13N3O/c1-2-7-3-4-13-9(5-7)12-8(6-14)10(13)11/h3-5,14H,2,6,11H2,1H3. The van der Waals surface area contributed by atoms with E-state index in [0.29, 0.717) is 11.5 Å². The second-order valence-electron chi connectivity index (χ2n) is 3.22. The van der Waals surface area contributed by atoms with Gasteiger partial charge in [-0.15, -0.1) is 0 Å². The monoisotopic (exact) mass is 191 g/mol. The number of aliphatic hydroxyl groups is 1. The van der Waals surface area contributed by atoms with Crippen molar-refractivity contribution in [3.8, 4) is 0 Å². The van der Waals surface area contributed by atoms with Crippen LogP contribution in [0, 0.1) is 0 Å². The molecule has 0 saturated carbocycles. The number of hydrogen-bond donors (Lipinski definition) is 2. The van der Waals surface area contributed by atoms with E-state index in [4.69, 9.17) is 10.8 Å². The zero-order valence-corrected chi connectivity index (χ0v) is 8.07. The molecule has 4 heteroatoms. The fraction of sp³-hybridized carbons (Fsp3) is 0.300. The summed E-state index contributed by atoms with van der Waals surface area (Å²) in [7, 11) is 0. The molecule has 0 aliphatic carbocycles. The van der Waals surface area contributed by atoms with Crippen LogP contribution in [0.15, 0.2) is 18.3 Å². The molecule has 0 atom stereocenters. The summed E-state index contributed by atoms with van der Waals surface area (Å²) in [6.45, 7) is 1.97. The largest absolute Gasteiger partial charge is 0.390 e. The number of aromatic nitrogens is 2. The van der Waals surface area contributed by atoms with Crippen molar-refractivity contribution < 1.29 is 5.11 Å². The molecule has 0 fully saturated rings. The number of aliphatic hydroxyl groups excluding tert-OH is 1. The fourth-order valence-corrected chi connectivity index (χ4v) is 1.49. The third-order valence-corrected chi connectivity index (χ3v) is 2.36. The molecular formula is C10H13N3O. The molecule has 0 aliphatic rings. The van der Waals surface area contributed by atoms with Crippen molar-refractivity contribution in [2.45, 2.75) is 20.0 Å². The summed E-state index contributed by atoms with van der Waals surface area (Å²) in [6, 6.07) is 3.99. The summed E-state index contributed by atoms with van der Waals surface area (Å²) < 4.78 is 1.78. The van der Waals surface area contributed by atoms with Crippen LogP contribution in [0.2, 0.25) is 0 Å². The molecule has 2 rings (SSSR count). The average molecular weight is 191 g/mol. The Kier molecular flexibility index (Phi) is 2.13. The molecule has 4 nitrogen and oxygen atoms in total. The van der Waals surface area contributed by atoms with E-state index in [0.717, 1.165) is 12.1 Å². The van der Waals surface area contributed by atoms with Crippen LogP contribution >= 0.6 is 0 Å². The summed E-state index contributed by atoms with van der Waals surface area (Å²) in [4.78, 5) is 4.23. The lowest BCUT2D eigenvalue weighted by molar-refractivity contribution is 0.278. The van der Waals surface area contributed by atoms with E-state index in [1.165, 1.54) is 5.56 Å². The van der Waals surface area contributed by atoms with Gasteiger partial charge in [0.25, 0.3) is 0 Å². The normalized spacial score (nSPS) is 11.0. The van der Waals surface area contributed by atoms with Crippen LogP contribution < -0.4 is 5.73 Å². The van der Waals surface area contributed by atoms with Crippen molar-refractivity contribution in [3.63, 3.8) is 0 Å². The number of aryl methyl sites for hydroxylation is 1. The Bertz CT molecular complexity index is 462. The van der Waals surface area contributed by atoms with Crippen LogP contribution in [0.3, 0.4) is 0 Å². The number of nitrogens with two attached hydrogens (primary N) is 1. The Balaban J connectivity index is 2.66. The summed E-state index contributed by atoms with van der Waals surface area (Å²) in [5.74, 6) is 0.519. The van der Waals surface area contributed by atoms with Crippen LogP contribution in [-0.4, -0.2) is 14.5 Å². The molecule has 3 N–H and O–H groups in total. The second kappa shape index (κ2) is 3.31. The number of fused-ring (bicyclic) bond motifs is 1. The number of nitrogens with zero attached hydrogens (tertiary/aromatic N) is 2. The number of imidazole rings is 1. The molecule has 0 aliphatic heterocycles. The molecule has 2 aromatic heterocycles. The van der Waals surface area contributed by atoms with Crippen molar-refractivity contribution in [3.05, 3.63) is 29.6 Å². The first-order chi connectivity index (χ1) is 6.76. The van der Waals surface area contributed by atoms with Gasteiger partial charge in [0.1, 0.15) is 17.2 Å². The van der Waals surface area contributed by atoms with Gasteiger partial charge in [0.2, 0.25) is 0 Å². The number of pyridine rings is 1. The van der Waals surface area contributed by atoms with E-state index in [9.17, 15) is 0 Å². The van der Waals surface area contributed by atoms with E-state index in [-0.39, 0.29) is 6.61 Å². The first-order valence-electron chi connectivity index (χ1n) is 4.62. The van der Waals surface area contributed by atoms with Gasteiger partial charge in [-0.05, 0) is 24.1 Å². The van der Waals surface area contributed by atoms with Crippen molar-refractivity contribution in [1.82, 2.24) is 9.38 Å². The Morgan fingerprint density at radius 1 is 1.57 bits per heavy atom. The van der Waals surface area contributed by atoms with Gasteiger partial charge in [0.05, 0.1) is 6.61 Å². The van der Waals surface area contributed by atoms with Gasteiger partial charge in [-0.1, -0.05) is 6.92 Å². The highest BCUT2D eigenvalue weighted by Gasteiger charge is 2.07. The Labute approximate surface area is 82.0 Å². The smallest absolute Gasteiger partial charge is 0.139 e. The summed E-state index contributed by atoms with van der Waals surface area (Å²) in [5.41, 5.74) is 8.33. The first kappa shape index (κ1) is 9.02. The average Bonchev–Trinajstić information content (AvgIpc) is 2.55. The first-order valence-corrected chi connectivity index (χ1v) is 4.62. The van der Waals surface area contributed by atoms with E-state index >= 15 is 0 Å².